The van der Waals surface area contributed by atoms with E-state index in [1.807, 2.05) is 11.4 Å². The molecule has 2 rings (SSSR count). The van der Waals surface area contributed by atoms with E-state index in [9.17, 15) is 9.18 Å². The Morgan fingerprint density at radius 2 is 2.23 bits per heavy atom. The molecule has 1 aromatic heterocycles. The van der Waals surface area contributed by atoms with Crippen molar-refractivity contribution in [1.29, 1.82) is 0 Å². The van der Waals surface area contributed by atoms with Gasteiger partial charge in [-0.2, -0.15) is 0 Å². The number of halogens is 1. The number of nitrogens with two attached hydrogens (primary N) is 1. The normalized spacial score (nSPS) is 12.8. The number of aryl methyl sites for hydroxylation is 1. The third-order valence-electron chi connectivity index (χ3n) is 2.89. The molecule has 7 heteroatoms. The number of benzene rings is 1. The molecule has 1 atom stereocenters. The highest BCUT2D eigenvalue weighted by Crippen LogP contribution is 2.14. The largest absolute Gasteiger partial charge is 0.381 e. The van der Waals surface area contributed by atoms with E-state index in [1.54, 1.807) is 25.1 Å². The van der Waals surface area contributed by atoms with E-state index in [1.165, 1.54) is 24.3 Å². The van der Waals surface area contributed by atoms with Crippen molar-refractivity contribution in [1.82, 2.24) is 0 Å². The highest BCUT2D eigenvalue weighted by Gasteiger charge is 2.15. The number of hydrogen-bond acceptors (Lipinski definition) is 4. The van der Waals surface area contributed by atoms with Crippen LogP contribution in [-0.4, -0.2) is 17.8 Å². The Bertz CT molecular complexity index is 686. The molecule has 0 saturated heterocycles. The molecular formula is C15H16FN3O2S. The Balaban J connectivity index is 1.94. The number of rotatable bonds is 5. The fraction of sp³-hybridized carbons (Fsp3) is 0.200. The number of carbonyl (C=O) groups excluding carboxylic acids is 1. The highest BCUT2D eigenvalue weighted by atomic mass is 32.1. The number of carbonyl (C=O) groups is 1. The predicted octanol–water partition coefficient (Wildman–Crippen LogP) is 2.86. The molecule has 1 unspecified atom stereocenters. The average molecular weight is 321 g/mol. The summed E-state index contributed by atoms with van der Waals surface area (Å²) in [5, 5.41) is 8.15. The smallest absolute Gasteiger partial charge is 0.267 e. The summed E-state index contributed by atoms with van der Waals surface area (Å²) in [6, 6.07) is 8.09. The van der Waals surface area contributed by atoms with Crippen molar-refractivity contribution in [3.05, 3.63) is 52.0 Å². The van der Waals surface area contributed by atoms with Crippen LogP contribution in [0, 0.1) is 12.7 Å². The molecular weight excluding hydrogens is 305 g/mol. The Morgan fingerprint density at radius 3 is 2.86 bits per heavy atom. The maximum Gasteiger partial charge on any atom is 0.267 e. The van der Waals surface area contributed by atoms with Crippen molar-refractivity contribution >= 4 is 28.8 Å². The quantitative estimate of drug-likeness (QED) is 0.505. The van der Waals surface area contributed by atoms with E-state index in [2.05, 4.69) is 10.5 Å². The number of anilines is 1. The van der Waals surface area contributed by atoms with Crippen molar-refractivity contribution in [2.75, 3.05) is 5.32 Å². The van der Waals surface area contributed by atoms with Gasteiger partial charge in [0.05, 0.1) is 4.88 Å². The predicted molar refractivity (Wildman–Crippen MR) is 85.4 cm³/mol. The van der Waals surface area contributed by atoms with Gasteiger partial charge < -0.3 is 15.9 Å². The van der Waals surface area contributed by atoms with Gasteiger partial charge in [-0.25, -0.2) is 4.39 Å². The molecule has 2 aromatic rings. The van der Waals surface area contributed by atoms with Crippen molar-refractivity contribution in [2.24, 2.45) is 10.9 Å². The molecule has 0 spiro atoms. The van der Waals surface area contributed by atoms with Gasteiger partial charge in [-0.1, -0.05) is 17.3 Å². The summed E-state index contributed by atoms with van der Waals surface area (Å²) in [5.74, 6) is -0.617. The van der Waals surface area contributed by atoms with Crippen molar-refractivity contribution in [3.63, 3.8) is 0 Å². The molecule has 1 heterocycles. The summed E-state index contributed by atoms with van der Waals surface area (Å²) in [4.78, 5) is 17.8. The zero-order valence-electron chi connectivity index (χ0n) is 12.2. The molecule has 1 amide bonds. The summed E-state index contributed by atoms with van der Waals surface area (Å²) in [7, 11) is 0. The van der Waals surface area contributed by atoms with E-state index < -0.39 is 12.0 Å². The monoisotopic (exact) mass is 321 g/mol. The topological polar surface area (TPSA) is 76.7 Å². The van der Waals surface area contributed by atoms with E-state index in [-0.39, 0.29) is 11.7 Å². The first-order chi connectivity index (χ1) is 10.5. The fourth-order valence-corrected chi connectivity index (χ4v) is 2.19. The van der Waals surface area contributed by atoms with Crippen LogP contribution in [0.2, 0.25) is 0 Å². The van der Waals surface area contributed by atoms with Crippen molar-refractivity contribution < 1.29 is 14.0 Å². The second kappa shape index (κ2) is 7.04. The Kier molecular flexibility index (Phi) is 5.11. The van der Waals surface area contributed by atoms with Gasteiger partial charge in [0.1, 0.15) is 5.82 Å². The zero-order chi connectivity index (χ0) is 16.1. The maximum absolute atomic E-state index is 13.4. The highest BCUT2D eigenvalue weighted by molar-refractivity contribution is 7.12. The summed E-state index contributed by atoms with van der Waals surface area (Å²) < 4.78 is 13.4. The lowest BCUT2D eigenvalue weighted by molar-refractivity contribution is -0.126. The lowest BCUT2D eigenvalue weighted by Gasteiger charge is -2.11. The van der Waals surface area contributed by atoms with E-state index in [4.69, 9.17) is 10.6 Å². The van der Waals surface area contributed by atoms with Gasteiger partial charge in [0.25, 0.3) is 5.91 Å². The van der Waals surface area contributed by atoms with Gasteiger partial charge in [0.15, 0.2) is 5.84 Å². The molecule has 0 fully saturated rings. The molecule has 116 valence electrons. The minimum absolute atomic E-state index is 0.205. The molecule has 0 aliphatic heterocycles. The van der Waals surface area contributed by atoms with Gasteiger partial charge in [-0.15, -0.1) is 11.3 Å². The number of nitrogens with one attached hydrogen (secondary N) is 1. The fourth-order valence-electron chi connectivity index (χ4n) is 1.57. The summed E-state index contributed by atoms with van der Waals surface area (Å²) >= 11 is 1.42. The van der Waals surface area contributed by atoms with Gasteiger partial charge in [0, 0.05) is 5.69 Å². The van der Waals surface area contributed by atoms with Crippen LogP contribution in [0.25, 0.3) is 0 Å². The Hall–Kier alpha value is -2.41. The van der Waals surface area contributed by atoms with Crippen LogP contribution in [0.4, 0.5) is 10.1 Å². The van der Waals surface area contributed by atoms with Crippen molar-refractivity contribution in [2.45, 2.75) is 20.0 Å². The van der Waals surface area contributed by atoms with Crippen LogP contribution in [0.5, 0.6) is 0 Å². The summed E-state index contributed by atoms with van der Waals surface area (Å²) in [5.41, 5.74) is 6.60. The van der Waals surface area contributed by atoms with Gasteiger partial charge >= 0.3 is 0 Å². The van der Waals surface area contributed by atoms with Crippen molar-refractivity contribution in [3.8, 4) is 0 Å². The molecule has 0 bridgehead atoms. The van der Waals surface area contributed by atoms with Crippen LogP contribution in [0.1, 0.15) is 17.4 Å². The van der Waals surface area contributed by atoms with Crippen LogP contribution in [0.3, 0.4) is 0 Å². The number of nitrogens with zero attached hydrogens (tertiary/aromatic N) is 1. The molecule has 22 heavy (non-hydrogen) atoms. The van der Waals surface area contributed by atoms with E-state index in [0.29, 0.717) is 11.3 Å². The third-order valence-corrected chi connectivity index (χ3v) is 3.78. The molecule has 0 aliphatic carbocycles. The standard InChI is InChI=1S/C15H16FN3O2S/c1-9-5-6-11(8-12(9)16)18-15(20)10(2)21-19-14(17)13-4-3-7-22-13/h3-8,10H,1-2H3,(H2,17,19)(H,18,20). The minimum Gasteiger partial charge on any atom is -0.381 e. The summed E-state index contributed by atoms with van der Waals surface area (Å²) in [6.07, 6.45) is -0.858. The molecule has 0 saturated carbocycles. The maximum atomic E-state index is 13.4. The van der Waals surface area contributed by atoms with E-state index in [0.717, 1.165) is 4.88 Å². The molecule has 5 nitrogen and oxygen atoms in total. The summed E-state index contributed by atoms with van der Waals surface area (Å²) in [6.45, 7) is 3.18. The van der Waals surface area contributed by atoms with Gasteiger partial charge in [-0.3, -0.25) is 4.79 Å². The molecule has 0 aliphatic rings. The first kappa shape index (κ1) is 16.0. The number of oxime groups is 1. The van der Waals surface area contributed by atoms with Crippen LogP contribution in [0.15, 0.2) is 40.9 Å². The Morgan fingerprint density at radius 1 is 1.45 bits per heavy atom. The molecule has 3 N–H and O–H groups in total. The lowest BCUT2D eigenvalue weighted by atomic mass is 10.2. The van der Waals surface area contributed by atoms with Crippen LogP contribution >= 0.6 is 11.3 Å². The first-order valence-electron chi connectivity index (χ1n) is 6.57. The SMILES string of the molecule is Cc1ccc(NC(=O)C(C)O/N=C(\N)c2cccs2)cc1F. The van der Waals surface area contributed by atoms with Gasteiger partial charge in [0.2, 0.25) is 6.10 Å². The molecule has 0 radical (unpaired) electrons. The number of thiophene rings is 1. The zero-order valence-corrected chi connectivity index (χ0v) is 13.0. The average Bonchev–Trinajstić information content (AvgIpc) is 3.02. The Labute approximate surface area is 131 Å². The van der Waals surface area contributed by atoms with E-state index >= 15 is 0 Å². The number of hydrogen-bond donors (Lipinski definition) is 2. The molecule has 1 aromatic carbocycles. The van der Waals surface area contributed by atoms with Gasteiger partial charge in [-0.05, 0) is 43.0 Å². The first-order valence-corrected chi connectivity index (χ1v) is 7.45. The minimum atomic E-state index is -0.858. The third kappa shape index (κ3) is 4.05. The number of amidine groups is 1. The van der Waals surface area contributed by atoms with Crippen LogP contribution in [-0.2, 0) is 9.63 Å². The number of amides is 1. The lowest BCUT2D eigenvalue weighted by Crippen LogP contribution is -2.27. The second-order valence-electron chi connectivity index (χ2n) is 4.65. The second-order valence-corrected chi connectivity index (χ2v) is 5.60. The van der Waals surface area contributed by atoms with Crippen LogP contribution < -0.4 is 11.1 Å².